The summed E-state index contributed by atoms with van der Waals surface area (Å²) >= 11 is 4.72. The maximum atomic E-state index is 14.2. The van der Waals surface area contributed by atoms with Crippen molar-refractivity contribution in [2.24, 2.45) is 0 Å². The van der Waals surface area contributed by atoms with Gasteiger partial charge in [0.2, 0.25) is 5.91 Å². The second kappa shape index (κ2) is 15.0. The van der Waals surface area contributed by atoms with Gasteiger partial charge in [-0.2, -0.15) is 0 Å². The minimum Gasteiger partial charge on any atom is -0.494 e. The Bertz CT molecular complexity index is 1580. The van der Waals surface area contributed by atoms with E-state index in [1.165, 1.54) is 36.0 Å². The second-order valence-electron chi connectivity index (χ2n) is 8.82. The maximum Gasteiger partial charge on any atom is 0.272 e. The van der Waals surface area contributed by atoms with Crippen LogP contribution in [0, 0.1) is 5.82 Å². The van der Waals surface area contributed by atoms with Crippen LogP contribution in [0.4, 0.5) is 15.8 Å². The molecule has 3 N–H and O–H groups in total. The minimum absolute atomic E-state index is 0.0602. The van der Waals surface area contributed by atoms with E-state index in [9.17, 15) is 18.8 Å². The summed E-state index contributed by atoms with van der Waals surface area (Å²) in [6, 6.07) is 26.8. The van der Waals surface area contributed by atoms with Crippen LogP contribution in [-0.4, -0.2) is 30.1 Å². The van der Waals surface area contributed by atoms with Crippen molar-refractivity contribution in [3.05, 3.63) is 124 Å². The Hall–Kier alpha value is -4.41. The highest BCUT2D eigenvalue weighted by Crippen LogP contribution is 2.22. The topological polar surface area (TPSA) is 96.5 Å². The number of ether oxygens (including phenoxy) is 1. The Labute approximate surface area is 255 Å². The van der Waals surface area contributed by atoms with Crippen LogP contribution in [0.1, 0.15) is 22.8 Å². The lowest BCUT2D eigenvalue weighted by molar-refractivity contribution is -0.114. The second-order valence-corrected chi connectivity index (χ2v) is 10.8. The first-order valence-electron chi connectivity index (χ1n) is 12.9. The number of hydrogen-bond donors (Lipinski definition) is 3. The minimum atomic E-state index is -0.748. The number of carbonyl (C=O) groups is 3. The largest absolute Gasteiger partial charge is 0.494 e. The number of nitrogens with one attached hydrogen (secondary N) is 3. The lowest BCUT2D eigenvalue weighted by Crippen LogP contribution is -2.31. The summed E-state index contributed by atoms with van der Waals surface area (Å²) in [5.74, 6) is -1.25. The van der Waals surface area contributed by atoms with E-state index in [0.29, 0.717) is 23.5 Å². The molecule has 0 spiro atoms. The van der Waals surface area contributed by atoms with Gasteiger partial charge in [0.25, 0.3) is 11.8 Å². The van der Waals surface area contributed by atoms with Gasteiger partial charge in [0.1, 0.15) is 17.3 Å². The van der Waals surface area contributed by atoms with Gasteiger partial charge in [-0.1, -0.05) is 40.2 Å². The smallest absolute Gasteiger partial charge is 0.272 e. The van der Waals surface area contributed by atoms with Gasteiger partial charge >= 0.3 is 0 Å². The van der Waals surface area contributed by atoms with Crippen molar-refractivity contribution < 1.29 is 23.5 Å². The van der Waals surface area contributed by atoms with E-state index in [0.717, 1.165) is 15.1 Å². The molecule has 0 aliphatic rings. The third kappa shape index (κ3) is 9.05. The normalized spacial score (nSPS) is 11.0. The molecule has 0 saturated heterocycles. The zero-order valence-electron chi connectivity index (χ0n) is 22.5. The van der Waals surface area contributed by atoms with Crippen molar-refractivity contribution in [2.75, 3.05) is 23.0 Å². The fourth-order valence-electron chi connectivity index (χ4n) is 3.70. The Morgan fingerprint density at radius 1 is 0.857 bits per heavy atom. The van der Waals surface area contributed by atoms with Gasteiger partial charge in [-0.05, 0) is 91.4 Å². The van der Waals surface area contributed by atoms with E-state index in [2.05, 4.69) is 31.9 Å². The number of anilines is 2. The van der Waals surface area contributed by atoms with Gasteiger partial charge in [-0.25, -0.2) is 4.39 Å². The summed E-state index contributed by atoms with van der Waals surface area (Å²) in [5.41, 5.74) is 1.57. The highest BCUT2D eigenvalue weighted by atomic mass is 79.9. The predicted octanol–water partition coefficient (Wildman–Crippen LogP) is 7.13. The summed E-state index contributed by atoms with van der Waals surface area (Å²) in [6.45, 7) is 2.48. The van der Waals surface area contributed by atoms with Crippen LogP contribution in [0.2, 0.25) is 0 Å². The summed E-state index contributed by atoms with van der Waals surface area (Å²) in [7, 11) is 0. The van der Waals surface area contributed by atoms with Crippen LogP contribution in [0.25, 0.3) is 6.08 Å². The Kier molecular flexibility index (Phi) is 10.9. The Morgan fingerprint density at radius 2 is 1.50 bits per heavy atom. The quantitative estimate of drug-likeness (QED) is 0.119. The number of carbonyl (C=O) groups excluding carboxylic acids is 3. The summed E-state index contributed by atoms with van der Waals surface area (Å²) in [6.07, 6.45) is 1.51. The van der Waals surface area contributed by atoms with Crippen molar-refractivity contribution in [1.29, 1.82) is 0 Å². The van der Waals surface area contributed by atoms with Crippen LogP contribution in [-0.2, 0) is 9.59 Å². The molecule has 3 amide bonds. The number of halogens is 2. The van der Waals surface area contributed by atoms with Crippen LogP contribution < -0.4 is 20.7 Å². The molecule has 7 nitrogen and oxygen atoms in total. The SMILES string of the molecule is CCOc1ccc(NC(=O)CSc2ccc(NC(=O)C(=Cc3ccc(Br)cc3)NC(=O)c3ccccc3F)cc2)cc1. The molecule has 0 aromatic heterocycles. The van der Waals surface area contributed by atoms with Crippen LogP contribution >= 0.6 is 27.7 Å². The van der Waals surface area contributed by atoms with E-state index in [-0.39, 0.29) is 22.9 Å². The summed E-state index contributed by atoms with van der Waals surface area (Å²) in [4.78, 5) is 39.2. The van der Waals surface area contributed by atoms with Crippen LogP contribution in [0.15, 0.2) is 112 Å². The number of rotatable bonds is 11. The fraction of sp³-hybridized carbons (Fsp3) is 0.0938. The standard InChI is InChI=1S/C32H27BrFN3O4S/c1-2-41-25-15-11-23(12-16-25)35-30(38)20-42-26-17-13-24(14-18-26)36-32(40)29(19-21-7-9-22(33)10-8-21)37-31(39)27-5-3-4-6-28(27)34/h3-19H,2,20H2,1H3,(H,35,38)(H,36,40)(H,37,39). The van der Waals surface area contributed by atoms with E-state index in [1.807, 2.05) is 6.92 Å². The van der Waals surface area contributed by atoms with Crippen molar-refractivity contribution >= 4 is 62.9 Å². The van der Waals surface area contributed by atoms with Crippen LogP contribution in [0.3, 0.4) is 0 Å². The van der Waals surface area contributed by atoms with Gasteiger partial charge in [-0.15, -0.1) is 11.8 Å². The molecule has 10 heteroatoms. The zero-order valence-corrected chi connectivity index (χ0v) is 24.9. The third-order valence-electron chi connectivity index (χ3n) is 5.72. The first kappa shape index (κ1) is 30.5. The van der Waals surface area contributed by atoms with E-state index >= 15 is 0 Å². The number of benzene rings is 4. The molecular formula is C32H27BrFN3O4S. The van der Waals surface area contributed by atoms with Gasteiger partial charge in [0.05, 0.1) is 17.9 Å². The van der Waals surface area contributed by atoms with Gasteiger partial charge < -0.3 is 20.7 Å². The van der Waals surface area contributed by atoms with Gasteiger partial charge in [0.15, 0.2) is 0 Å². The molecule has 0 aliphatic carbocycles. The predicted molar refractivity (Wildman–Crippen MR) is 168 cm³/mol. The zero-order chi connectivity index (χ0) is 29.9. The molecule has 4 aromatic carbocycles. The highest BCUT2D eigenvalue weighted by Gasteiger charge is 2.17. The summed E-state index contributed by atoms with van der Waals surface area (Å²) in [5, 5.41) is 8.14. The molecule has 42 heavy (non-hydrogen) atoms. The molecule has 0 unspecified atom stereocenters. The first-order valence-corrected chi connectivity index (χ1v) is 14.7. The number of thioether (sulfide) groups is 1. The van der Waals surface area contributed by atoms with Crippen molar-refractivity contribution in [1.82, 2.24) is 5.32 Å². The van der Waals surface area contributed by atoms with Crippen molar-refractivity contribution in [2.45, 2.75) is 11.8 Å². The molecule has 0 atom stereocenters. The Morgan fingerprint density at radius 3 is 2.17 bits per heavy atom. The van der Waals surface area contributed by atoms with E-state index in [1.54, 1.807) is 78.9 Å². The maximum absolute atomic E-state index is 14.2. The number of amides is 3. The molecule has 0 fully saturated rings. The van der Waals surface area contributed by atoms with Crippen molar-refractivity contribution in [3.63, 3.8) is 0 Å². The first-order chi connectivity index (χ1) is 20.3. The molecular weight excluding hydrogens is 621 g/mol. The third-order valence-corrected chi connectivity index (χ3v) is 7.26. The molecule has 214 valence electrons. The van der Waals surface area contributed by atoms with Crippen molar-refractivity contribution in [3.8, 4) is 5.75 Å². The average molecular weight is 649 g/mol. The molecule has 0 radical (unpaired) electrons. The molecule has 0 aliphatic heterocycles. The molecule has 4 rings (SSSR count). The number of hydrogen-bond acceptors (Lipinski definition) is 5. The monoisotopic (exact) mass is 647 g/mol. The molecule has 0 heterocycles. The molecule has 0 bridgehead atoms. The highest BCUT2D eigenvalue weighted by molar-refractivity contribution is 9.10. The van der Waals surface area contributed by atoms with E-state index < -0.39 is 17.6 Å². The average Bonchev–Trinajstić information content (AvgIpc) is 2.99. The van der Waals surface area contributed by atoms with E-state index in [4.69, 9.17) is 4.74 Å². The van der Waals surface area contributed by atoms with Gasteiger partial charge in [0, 0.05) is 20.7 Å². The lowest BCUT2D eigenvalue weighted by atomic mass is 10.1. The molecule has 0 saturated carbocycles. The fourth-order valence-corrected chi connectivity index (χ4v) is 4.66. The van der Waals surface area contributed by atoms with Gasteiger partial charge in [-0.3, -0.25) is 14.4 Å². The lowest BCUT2D eigenvalue weighted by Gasteiger charge is -2.12. The Balaban J connectivity index is 1.38. The molecule has 4 aromatic rings. The summed E-state index contributed by atoms with van der Waals surface area (Å²) < 4.78 is 20.5. The van der Waals surface area contributed by atoms with Crippen LogP contribution in [0.5, 0.6) is 5.75 Å².